The molecule has 114 valence electrons. The van der Waals surface area contributed by atoms with Crippen LogP contribution in [0.3, 0.4) is 0 Å². The summed E-state index contributed by atoms with van der Waals surface area (Å²) in [6.45, 7) is 2.46. The molecule has 0 N–H and O–H groups in total. The van der Waals surface area contributed by atoms with Crippen LogP contribution in [0.4, 0.5) is 0 Å². The van der Waals surface area contributed by atoms with E-state index in [1.807, 2.05) is 31.2 Å². The largest absolute Gasteiger partial charge is 0.454 e. The van der Waals surface area contributed by atoms with Crippen LogP contribution in [-0.2, 0) is 11.3 Å². The van der Waals surface area contributed by atoms with Gasteiger partial charge in [-0.2, -0.15) is 0 Å². The number of carbonyl (C=O) groups is 1. The Hall–Kier alpha value is -2.76. The molecule has 1 aliphatic heterocycles. The zero-order chi connectivity index (χ0) is 15.5. The summed E-state index contributed by atoms with van der Waals surface area (Å²) in [5.41, 5.74) is 1.60. The van der Waals surface area contributed by atoms with E-state index in [1.54, 1.807) is 18.0 Å². The van der Waals surface area contributed by atoms with Gasteiger partial charge in [0.2, 0.25) is 12.7 Å². The molecule has 0 saturated carbocycles. The van der Waals surface area contributed by atoms with E-state index in [9.17, 15) is 4.79 Å². The fourth-order valence-electron chi connectivity index (χ4n) is 2.12. The van der Waals surface area contributed by atoms with Crippen LogP contribution in [0.25, 0.3) is 6.08 Å². The highest BCUT2D eigenvalue weighted by molar-refractivity contribution is 5.91. The van der Waals surface area contributed by atoms with Crippen molar-refractivity contribution in [2.75, 3.05) is 13.8 Å². The smallest absolute Gasteiger partial charge is 0.246 e. The number of aryl methyl sites for hydroxylation is 1. The lowest BCUT2D eigenvalue weighted by atomic mass is 10.2. The molecule has 0 saturated heterocycles. The Morgan fingerprint density at radius 1 is 1.32 bits per heavy atom. The first-order valence-corrected chi connectivity index (χ1v) is 6.87. The molecule has 0 radical (unpaired) electrons. The van der Waals surface area contributed by atoms with E-state index >= 15 is 0 Å². The molecule has 0 spiro atoms. The van der Waals surface area contributed by atoms with Crippen molar-refractivity contribution in [2.45, 2.75) is 13.5 Å². The number of nitrogens with zero attached hydrogens (tertiary/aromatic N) is 2. The first-order chi connectivity index (χ1) is 10.6. The lowest BCUT2D eigenvalue weighted by molar-refractivity contribution is -0.125. The van der Waals surface area contributed by atoms with Gasteiger partial charge in [0.1, 0.15) is 11.5 Å². The van der Waals surface area contributed by atoms with Gasteiger partial charge < -0.3 is 18.9 Å². The first-order valence-electron chi connectivity index (χ1n) is 6.87. The molecule has 6 heteroatoms. The standard InChI is InChI=1S/C16H16N2O4/c1-11-7-13(17-22-11)9-18(2)16(19)6-4-12-3-5-14-15(8-12)21-10-20-14/h3-8H,9-10H2,1-2H3. The molecule has 0 atom stereocenters. The zero-order valence-corrected chi connectivity index (χ0v) is 12.4. The minimum Gasteiger partial charge on any atom is -0.454 e. The Labute approximate surface area is 127 Å². The number of aromatic nitrogens is 1. The molecule has 0 unspecified atom stereocenters. The molecule has 0 bridgehead atoms. The number of likely N-dealkylation sites (N-methyl/N-ethyl adjacent to an activating group) is 1. The fraction of sp³-hybridized carbons (Fsp3) is 0.250. The average molecular weight is 300 g/mol. The molecule has 1 aromatic heterocycles. The molecule has 1 amide bonds. The Morgan fingerprint density at radius 3 is 2.91 bits per heavy atom. The molecule has 2 heterocycles. The van der Waals surface area contributed by atoms with Crippen LogP contribution in [0, 0.1) is 6.92 Å². The second-order valence-corrected chi connectivity index (χ2v) is 5.07. The second-order valence-electron chi connectivity index (χ2n) is 5.07. The molecule has 2 aromatic rings. The molecule has 0 aliphatic carbocycles. The van der Waals surface area contributed by atoms with E-state index < -0.39 is 0 Å². The van der Waals surface area contributed by atoms with Gasteiger partial charge >= 0.3 is 0 Å². The van der Waals surface area contributed by atoms with Gasteiger partial charge in [-0.3, -0.25) is 4.79 Å². The van der Waals surface area contributed by atoms with E-state index in [0.29, 0.717) is 12.3 Å². The van der Waals surface area contributed by atoms with Crippen molar-refractivity contribution in [1.29, 1.82) is 0 Å². The summed E-state index contributed by atoms with van der Waals surface area (Å²) in [4.78, 5) is 13.7. The molecule has 1 aromatic carbocycles. The predicted octanol–water partition coefficient (Wildman–Crippen LogP) is 2.38. The van der Waals surface area contributed by atoms with Gasteiger partial charge in [-0.05, 0) is 30.7 Å². The molecule has 0 fully saturated rings. The maximum absolute atomic E-state index is 12.1. The molecular formula is C16H16N2O4. The van der Waals surface area contributed by atoms with Crippen molar-refractivity contribution >= 4 is 12.0 Å². The van der Waals surface area contributed by atoms with Crippen LogP contribution in [0.5, 0.6) is 11.5 Å². The molecule has 1 aliphatic rings. The maximum Gasteiger partial charge on any atom is 0.246 e. The van der Waals surface area contributed by atoms with Crippen molar-refractivity contribution in [3.63, 3.8) is 0 Å². The Morgan fingerprint density at radius 2 is 2.14 bits per heavy atom. The first kappa shape index (κ1) is 14.2. The van der Waals surface area contributed by atoms with E-state index in [2.05, 4.69) is 5.16 Å². The van der Waals surface area contributed by atoms with Gasteiger partial charge in [0, 0.05) is 19.2 Å². The number of ether oxygens (including phenoxy) is 2. The number of hydrogen-bond acceptors (Lipinski definition) is 5. The zero-order valence-electron chi connectivity index (χ0n) is 12.4. The molecule has 22 heavy (non-hydrogen) atoms. The van der Waals surface area contributed by atoms with E-state index in [-0.39, 0.29) is 12.7 Å². The van der Waals surface area contributed by atoms with Gasteiger partial charge in [-0.25, -0.2) is 0 Å². The Kier molecular flexibility index (Phi) is 3.82. The number of fused-ring (bicyclic) bond motifs is 1. The third-order valence-electron chi connectivity index (χ3n) is 3.27. The highest BCUT2D eigenvalue weighted by atomic mass is 16.7. The molecule has 6 nitrogen and oxygen atoms in total. The predicted molar refractivity (Wildman–Crippen MR) is 79.3 cm³/mol. The quantitative estimate of drug-likeness (QED) is 0.811. The summed E-state index contributed by atoms with van der Waals surface area (Å²) in [6.07, 6.45) is 3.26. The van der Waals surface area contributed by atoms with Crippen LogP contribution in [0.1, 0.15) is 17.0 Å². The minimum atomic E-state index is -0.113. The average Bonchev–Trinajstić information content (AvgIpc) is 3.12. The number of amides is 1. The van der Waals surface area contributed by atoms with Crippen LogP contribution < -0.4 is 9.47 Å². The third kappa shape index (κ3) is 3.11. The summed E-state index contributed by atoms with van der Waals surface area (Å²) >= 11 is 0. The molecule has 3 rings (SSSR count). The fourth-order valence-corrected chi connectivity index (χ4v) is 2.12. The van der Waals surface area contributed by atoms with Crippen LogP contribution >= 0.6 is 0 Å². The van der Waals surface area contributed by atoms with Gasteiger partial charge in [0.15, 0.2) is 11.5 Å². The monoisotopic (exact) mass is 300 g/mol. The summed E-state index contributed by atoms with van der Waals surface area (Å²) in [5.74, 6) is 2.04. The summed E-state index contributed by atoms with van der Waals surface area (Å²) in [7, 11) is 1.72. The minimum absolute atomic E-state index is 0.113. The second kappa shape index (κ2) is 5.93. The van der Waals surface area contributed by atoms with Crippen molar-refractivity contribution < 1.29 is 18.8 Å². The van der Waals surface area contributed by atoms with E-state index in [0.717, 1.165) is 22.8 Å². The van der Waals surface area contributed by atoms with Gasteiger partial charge in [0.05, 0.1) is 6.54 Å². The topological polar surface area (TPSA) is 64.8 Å². The summed E-state index contributed by atoms with van der Waals surface area (Å²) in [6, 6.07) is 7.35. The van der Waals surface area contributed by atoms with Gasteiger partial charge in [0.25, 0.3) is 0 Å². The lowest BCUT2D eigenvalue weighted by Crippen LogP contribution is -2.24. The number of rotatable bonds is 4. The Bertz CT molecular complexity index is 721. The molecular weight excluding hydrogens is 284 g/mol. The van der Waals surface area contributed by atoms with Crippen LogP contribution in [0.15, 0.2) is 34.9 Å². The SMILES string of the molecule is Cc1cc(CN(C)C(=O)C=Cc2ccc3c(c2)OCO3)no1. The van der Waals surface area contributed by atoms with Gasteiger partial charge in [-0.1, -0.05) is 11.2 Å². The highest BCUT2D eigenvalue weighted by Gasteiger charge is 2.13. The number of benzene rings is 1. The lowest BCUT2D eigenvalue weighted by Gasteiger charge is -2.12. The normalized spacial score (nSPS) is 12.8. The van der Waals surface area contributed by atoms with E-state index in [4.69, 9.17) is 14.0 Å². The number of hydrogen-bond donors (Lipinski definition) is 0. The van der Waals surface area contributed by atoms with Crippen LogP contribution in [-0.4, -0.2) is 29.8 Å². The summed E-state index contributed by atoms with van der Waals surface area (Å²) < 4.78 is 15.5. The van der Waals surface area contributed by atoms with Crippen molar-refractivity contribution in [1.82, 2.24) is 10.1 Å². The van der Waals surface area contributed by atoms with E-state index in [1.165, 1.54) is 6.08 Å². The van der Waals surface area contributed by atoms with Crippen molar-refractivity contribution in [3.8, 4) is 11.5 Å². The Balaban J connectivity index is 1.63. The van der Waals surface area contributed by atoms with Crippen molar-refractivity contribution in [2.24, 2.45) is 0 Å². The maximum atomic E-state index is 12.1. The third-order valence-corrected chi connectivity index (χ3v) is 3.27. The highest BCUT2D eigenvalue weighted by Crippen LogP contribution is 2.32. The number of carbonyl (C=O) groups excluding carboxylic acids is 1. The van der Waals surface area contributed by atoms with Gasteiger partial charge in [-0.15, -0.1) is 0 Å². The summed E-state index contributed by atoms with van der Waals surface area (Å²) in [5, 5.41) is 3.87. The van der Waals surface area contributed by atoms with Crippen molar-refractivity contribution in [3.05, 3.63) is 47.4 Å². The van der Waals surface area contributed by atoms with Crippen LogP contribution in [0.2, 0.25) is 0 Å².